The van der Waals surface area contributed by atoms with Crippen LogP contribution in [0.2, 0.25) is 5.02 Å². The number of aromatic nitrogens is 2. The van der Waals surface area contributed by atoms with Crippen molar-refractivity contribution in [2.24, 2.45) is 0 Å². The Balaban J connectivity index is 2.52. The Labute approximate surface area is 122 Å². The van der Waals surface area contributed by atoms with E-state index < -0.39 is 5.41 Å². The molecule has 102 valence electrons. The molecule has 0 aliphatic carbocycles. The van der Waals surface area contributed by atoms with Crippen molar-refractivity contribution in [3.05, 3.63) is 51.0 Å². The van der Waals surface area contributed by atoms with Crippen molar-refractivity contribution in [3.63, 3.8) is 0 Å². The highest BCUT2D eigenvalue weighted by atomic mass is 35.5. The van der Waals surface area contributed by atoms with Crippen molar-refractivity contribution in [1.82, 2.24) is 9.97 Å². The molecule has 2 rings (SSSR count). The molecule has 20 heavy (non-hydrogen) atoms. The van der Waals surface area contributed by atoms with E-state index in [0.29, 0.717) is 11.5 Å². The van der Waals surface area contributed by atoms with Gasteiger partial charge in [0.1, 0.15) is 10.8 Å². The summed E-state index contributed by atoms with van der Waals surface area (Å²) in [5, 5.41) is 9.19. The summed E-state index contributed by atoms with van der Waals surface area (Å²) in [6.45, 7) is 5.41. The summed E-state index contributed by atoms with van der Waals surface area (Å²) >= 11 is 6.00. The van der Waals surface area contributed by atoms with Gasteiger partial charge in [0.2, 0.25) is 0 Å². The zero-order valence-corrected chi connectivity index (χ0v) is 12.2. The van der Waals surface area contributed by atoms with Gasteiger partial charge in [-0.15, -0.1) is 0 Å². The van der Waals surface area contributed by atoms with Crippen molar-refractivity contribution in [1.29, 1.82) is 5.26 Å². The summed E-state index contributed by atoms with van der Waals surface area (Å²) in [6, 6.07) is 9.60. The molecule has 5 heteroatoms. The molecule has 0 radical (unpaired) electrons. The normalized spacial score (nSPS) is 11.2. The summed E-state index contributed by atoms with van der Waals surface area (Å²) < 4.78 is 0. The van der Waals surface area contributed by atoms with Crippen LogP contribution >= 0.6 is 11.6 Å². The Bertz CT molecular complexity index is 739. The molecule has 1 N–H and O–H groups in total. The van der Waals surface area contributed by atoms with Gasteiger partial charge in [0.25, 0.3) is 5.56 Å². The van der Waals surface area contributed by atoms with Gasteiger partial charge in [-0.3, -0.25) is 4.79 Å². The standard InChI is InChI=1S/C15H14ClN3O/c1-9-18-13(12(16)14(20)19-9)10-4-6-11(7-5-10)15(2,3)8-17/h4-7H,1-3H3,(H,18,19,20). The first-order valence-corrected chi connectivity index (χ1v) is 6.51. The van der Waals surface area contributed by atoms with E-state index >= 15 is 0 Å². The van der Waals surface area contributed by atoms with E-state index in [-0.39, 0.29) is 10.6 Å². The topological polar surface area (TPSA) is 69.5 Å². The van der Waals surface area contributed by atoms with E-state index in [0.717, 1.165) is 11.1 Å². The quantitative estimate of drug-likeness (QED) is 0.922. The molecule has 4 nitrogen and oxygen atoms in total. The Morgan fingerprint density at radius 1 is 1.30 bits per heavy atom. The van der Waals surface area contributed by atoms with E-state index in [1.54, 1.807) is 6.92 Å². The van der Waals surface area contributed by atoms with Crippen molar-refractivity contribution in [3.8, 4) is 17.3 Å². The van der Waals surface area contributed by atoms with Crippen LogP contribution in [0.5, 0.6) is 0 Å². The summed E-state index contributed by atoms with van der Waals surface area (Å²) in [4.78, 5) is 18.5. The Kier molecular flexibility index (Phi) is 3.65. The lowest BCUT2D eigenvalue weighted by Crippen LogP contribution is -2.14. The second kappa shape index (κ2) is 5.10. The number of nitriles is 1. The number of H-pyrrole nitrogens is 1. The molecule has 1 heterocycles. The smallest absolute Gasteiger partial charge is 0.270 e. The van der Waals surface area contributed by atoms with Gasteiger partial charge in [-0.25, -0.2) is 4.98 Å². The maximum Gasteiger partial charge on any atom is 0.270 e. The maximum absolute atomic E-state index is 11.6. The van der Waals surface area contributed by atoms with Gasteiger partial charge in [0.05, 0.1) is 17.2 Å². The van der Waals surface area contributed by atoms with Gasteiger partial charge in [0.15, 0.2) is 0 Å². The van der Waals surface area contributed by atoms with Gasteiger partial charge >= 0.3 is 0 Å². The Hall–Kier alpha value is -2.12. The fraction of sp³-hybridized carbons (Fsp3) is 0.267. The number of halogens is 1. The second-order valence-electron chi connectivity index (χ2n) is 5.13. The van der Waals surface area contributed by atoms with Crippen LogP contribution in [0.15, 0.2) is 29.1 Å². The summed E-state index contributed by atoms with van der Waals surface area (Å²) in [5.74, 6) is 0.510. The Morgan fingerprint density at radius 3 is 2.45 bits per heavy atom. The van der Waals surface area contributed by atoms with Crippen LogP contribution in [0.3, 0.4) is 0 Å². The lowest BCUT2D eigenvalue weighted by molar-refractivity contribution is 0.687. The minimum Gasteiger partial charge on any atom is -0.309 e. The monoisotopic (exact) mass is 287 g/mol. The number of aryl methyl sites for hydroxylation is 1. The van der Waals surface area contributed by atoms with Gasteiger partial charge in [-0.05, 0) is 26.3 Å². The average molecular weight is 288 g/mol. The lowest BCUT2D eigenvalue weighted by atomic mass is 9.86. The number of nitrogens with zero attached hydrogens (tertiary/aromatic N) is 2. The zero-order chi connectivity index (χ0) is 14.9. The third-order valence-corrected chi connectivity index (χ3v) is 3.49. The summed E-state index contributed by atoms with van der Waals surface area (Å²) in [6.07, 6.45) is 0. The number of rotatable bonds is 2. The second-order valence-corrected chi connectivity index (χ2v) is 5.51. The number of hydrogen-bond donors (Lipinski definition) is 1. The fourth-order valence-corrected chi connectivity index (χ4v) is 2.07. The predicted molar refractivity (Wildman–Crippen MR) is 78.7 cm³/mol. The SMILES string of the molecule is Cc1nc(-c2ccc(C(C)(C)C#N)cc2)c(Cl)c(=O)[nH]1. The molecule has 0 fully saturated rings. The van der Waals surface area contributed by atoms with E-state index in [4.69, 9.17) is 16.9 Å². The van der Waals surface area contributed by atoms with Crippen LogP contribution in [0.4, 0.5) is 0 Å². The molecule has 1 aromatic carbocycles. The average Bonchev–Trinajstić information content (AvgIpc) is 2.43. The maximum atomic E-state index is 11.6. The van der Waals surface area contributed by atoms with Crippen LogP contribution < -0.4 is 5.56 Å². The largest absolute Gasteiger partial charge is 0.309 e. The number of nitrogens with one attached hydrogen (secondary N) is 1. The van der Waals surface area contributed by atoms with E-state index in [1.165, 1.54) is 0 Å². The minimum atomic E-state index is -0.556. The third-order valence-electron chi connectivity index (χ3n) is 3.14. The van der Waals surface area contributed by atoms with Crippen LogP contribution in [-0.2, 0) is 5.41 Å². The van der Waals surface area contributed by atoms with Gasteiger partial charge in [-0.2, -0.15) is 5.26 Å². The molecule has 0 spiro atoms. The molecule has 0 atom stereocenters. The molecule has 2 aromatic rings. The first-order valence-electron chi connectivity index (χ1n) is 6.14. The van der Waals surface area contributed by atoms with Crippen molar-refractivity contribution in [2.45, 2.75) is 26.2 Å². The van der Waals surface area contributed by atoms with Crippen molar-refractivity contribution < 1.29 is 0 Å². The highest BCUT2D eigenvalue weighted by Gasteiger charge is 2.19. The molecule has 0 saturated heterocycles. The van der Waals surface area contributed by atoms with Crippen LogP contribution in [0.1, 0.15) is 25.2 Å². The molecule has 0 unspecified atom stereocenters. The third kappa shape index (κ3) is 2.59. The Morgan fingerprint density at radius 2 is 1.90 bits per heavy atom. The molecule has 0 aliphatic rings. The lowest BCUT2D eigenvalue weighted by Gasteiger charge is -2.16. The highest BCUT2D eigenvalue weighted by molar-refractivity contribution is 6.32. The number of hydrogen-bond acceptors (Lipinski definition) is 3. The van der Waals surface area contributed by atoms with Gasteiger partial charge in [-0.1, -0.05) is 35.9 Å². The molecule has 0 saturated carbocycles. The first kappa shape index (κ1) is 14.3. The number of aromatic amines is 1. The fourth-order valence-electron chi connectivity index (χ4n) is 1.87. The molecule has 0 aliphatic heterocycles. The molecule has 0 bridgehead atoms. The minimum absolute atomic E-state index is 0.0721. The molecular weight excluding hydrogens is 274 g/mol. The van der Waals surface area contributed by atoms with E-state index in [1.807, 2.05) is 38.1 Å². The molecular formula is C15H14ClN3O. The summed E-state index contributed by atoms with van der Waals surface area (Å²) in [7, 11) is 0. The van der Waals surface area contributed by atoms with Crippen LogP contribution in [0, 0.1) is 18.3 Å². The molecule has 0 amide bonds. The van der Waals surface area contributed by atoms with E-state index in [2.05, 4.69) is 16.0 Å². The highest BCUT2D eigenvalue weighted by Crippen LogP contribution is 2.27. The van der Waals surface area contributed by atoms with Crippen molar-refractivity contribution >= 4 is 11.6 Å². The van der Waals surface area contributed by atoms with E-state index in [9.17, 15) is 4.79 Å². The first-order chi connectivity index (χ1) is 9.35. The number of benzene rings is 1. The summed E-state index contributed by atoms with van der Waals surface area (Å²) in [5.41, 5.74) is 1.20. The van der Waals surface area contributed by atoms with Gasteiger partial charge < -0.3 is 4.98 Å². The zero-order valence-electron chi connectivity index (χ0n) is 11.5. The predicted octanol–water partition coefficient (Wildman–Crippen LogP) is 3.20. The molecule has 1 aromatic heterocycles. The van der Waals surface area contributed by atoms with Crippen LogP contribution in [0.25, 0.3) is 11.3 Å². The van der Waals surface area contributed by atoms with Crippen molar-refractivity contribution in [2.75, 3.05) is 0 Å². The van der Waals surface area contributed by atoms with Gasteiger partial charge in [0, 0.05) is 5.56 Å². The van der Waals surface area contributed by atoms with Crippen LogP contribution in [-0.4, -0.2) is 9.97 Å².